The summed E-state index contributed by atoms with van der Waals surface area (Å²) in [5, 5.41) is 3.66. The molecule has 0 bridgehead atoms. The molecule has 2 rings (SSSR count). The SMILES string of the molecule is CC(C)(C)C1CCC(CNc2c(F)cccc2Cl)CC1. The van der Waals surface area contributed by atoms with Gasteiger partial charge in [-0.3, -0.25) is 0 Å². The summed E-state index contributed by atoms with van der Waals surface area (Å²) in [6.07, 6.45) is 5.00. The fourth-order valence-electron chi connectivity index (χ4n) is 3.15. The van der Waals surface area contributed by atoms with Crippen LogP contribution < -0.4 is 5.32 Å². The highest BCUT2D eigenvalue weighted by atomic mass is 35.5. The number of hydrogen-bond donors (Lipinski definition) is 1. The van der Waals surface area contributed by atoms with Crippen LogP contribution in [0.2, 0.25) is 5.02 Å². The minimum Gasteiger partial charge on any atom is -0.381 e. The van der Waals surface area contributed by atoms with Gasteiger partial charge < -0.3 is 5.32 Å². The molecule has 1 aliphatic rings. The summed E-state index contributed by atoms with van der Waals surface area (Å²) >= 11 is 6.03. The van der Waals surface area contributed by atoms with Gasteiger partial charge >= 0.3 is 0 Å². The molecule has 0 aromatic heterocycles. The predicted molar refractivity (Wildman–Crippen MR) is 84.8 cm³/mol. The Labute approximate surface area is 126 Å². The molecule has 0 atom stereocenters. The van der Waals surface area contributed by atoms with E-state index in [2.05, 4.69) is 26.1 Å². The minimum atomic E-state index is -0.263. The number of para-hydroxylation sites is 1. The first kappa shape index (κ1) is 15.6. The van der Waals surface area contributed by atoms with E-state index in [4.69, 9.17) is 11.6 Å². The lowest BCUT2D eigenvalue weighted by molar-refractivity contribution is 0.153. The molecule has 0 amide bonds. The van der Waals surface area contributed by atoms with Crippen molar-refractivity contribution in [1.82, 2.24) is 0 Å². The van der Waals surface area contributed by atoms with Gasteiger partial charge in [-0.05, 0) is 55.1 Å². The molecular formula is C17H25ClFN. The molecule has 1 aliphatic carbocycles. The van der Waals surface area contributed by atoms with Gasteiger partial charge in [0.15, 0.2) is 0 Å². The fourth-order valence-corrected chi connectivity index (χ4v) is 3.38. The molecule has 0 aliphatic heterocycles. The maximum atomic E-state index is 13.7. The van der Waals surface area contributed by atoms with Gasteiger partial charge in [-0.2, -0.15) is 0 Å². The molecular weight excluding hydrogens is 273 g/mol. The van der Waals surface area contributed by atoms with Gasteiger partial charge in [0.25, 0.3) is 0 Å². The van der Waals surface area contributed by atoms with Gasteiger partial charge in [0.1, 0.15) is 5.82 Å². The van der Waals surface area contributed by atoms with Crippen LogP contribution in [-0.2, 0) is 0 Å². The van der Waals surface area contributed by atoms with Gasteiger partial charge in [-0.25, -0.2) is 4.39 Å². The number of halogens is 2. The lowest BCUT2D eigenvalue weighted by Crippen LogP contribution is -2.28. The third kappa shape index (κ3) is 3.88. The Bertz CT molecular complexity index is 425. The highest BCUT2D eigenvalue weighted by Gasteiger charge is 2.29. The van der Waals surface area contributed by atoms with Crippen LogP contribution in [0.4, 0.5) is 10.1 Å². The molecule has 1 aromatic rings. The van der Waals surface area contributed by atoms with E-state index in [1.807, 2.05) is 0 Å². The number of anilines is 1. The Morgan fingerprint density at radius 1 is 1.20 bits per heavy atom. The zero-order valence-corrected chi connectivity index (χ0v) is 13.4. The third-order valence-electron chi connectivity index (χ3n) is 4.60. The van der Waals surface area contributed by atoms with E-state index < -0.39 is 0 Å². The van der Waals surface area contributed by atoms with Crippen molar-refractivity contribution in [2.24, 2.45) is 17.3 Å². The van der Waals surface area contributed by atoms with Crippen LogP contribution >= 0.6 is 11.6 Å². The first-order valence-corrected chi connectivity index (χ1v) is 7.93. The van der Waals surface area contributed by atoms with E-state index >= 15 is 0 Å². The molecule has 1 nitrogen and oxygen atoms in total. The van der Waals surface area contributed by atoms with Crippen LogP contribution in [0, 0.1) is 23.1 Å². The molecule has 1 aromatic carbocycles. The molecule has 112 valence electrons. The summed E-state index contributed by atoms with van der Waals surface area (Å²) in [6, 6.07) is 4.81. The third-order valence-corrected chi connectivity index (χ3v) is 4.92. The van der Waals surface area contributed by atoms with Crippen molar-refractivity contribution >= 4 is 17.3 Å². The van der Waals surface area contributed by atoms with Crippen molar-refractivity contribution in [2.45, 2.75) is 46.5 Å². The zero-order chi connectivity index (χ0) is 14.8. The number of nitrogens with one attached hydrogen (secondary N) is 1. The lowest BCUT2D eigenvalue weighted by Gasteiger charge is -2.37. The van der Waals surface area contributed by atoms with E-state index in [-0.39, 0.29) is 5.82 Å². The van der Waals surface area contributed by atoms with Crippen LogP contribution in [-0.4, -0.2) is 6.54 Å². The summed E-state index contributed by atoms with van der Waals surface area (Å²) in [6.45, 7) is 7.80. The second kappa shape index (κ2) is 6.34. The first-order valence-electron chi connectivity index (χ1n) is 7.56. The van der Waals surface area contributed by atoms with Crippen LogP contribution in [0.15, 0.2) is 18.2 Å². The zero-order valence-electron chi connectivity index (χ0n) is 12.7. The Morgan fingerprint density at radius 3 is 2.40 bits per heavy atom. The summed E-state index contributed by atoms with van der Waals surface area (Å²) in [4.78, 5) is 0. The Hall–Kier alpha value is -0.760. The van der Waals surface area contributed by atoms with Crippen molar-refractivity contribution in [1.29, 1.82) is 0 Å². The lowest BCUT2D eigenvalue weighted by atomic mass is 9.70. The minimum absolute atomic E-state index is 0.263. The molecule has 1 fully saturated rings. The Kier molecular flexibility index (Phi) is 4.95. The van der Waals surface area contributed by atoms with E-state index in [1.165, 1.54) is 31.7 Å². The molecule has 20 heavy (non-hydrogen) atoms. The molecule has 0 heterocycles. The normalized spacial score (nSPS) is 23.6. The molecule has 1 N–H and O–H groups in total. The van der Waals surface area contributed by atoms with Gasteiger partial charge in [-0.1, -0.05) is 38.4 Å². The standard InChI is InChI=1S/C17H25ClFN/c1-17(2,3)13-9-7-12(8-10-13)11-20-16-14(18)5-4-6-15(16)19/h4-6,12-13,20H,7-11H2,1-3H3. The summed E-state index contributed by atoms with van der Waals surface area (Å²) < 4.78 is 13.7. The number of rotatable bonds is 3. The number of hydrogen-bond acceptors (Lipinski definition) is 1. The smallest absolute Gasteiger partial charge is 0.147 e. The van der Waals surface area contributed by atoms with Crippen LogP contribution in [0.5, 0.6) is 0 Å². The Morgan fingerprint density at radius 2 is 1.85 bits per heavy atom. The maximum absolute atomic E-state index is 13.7. The predicted octanol–water partition coefficient (Wildman–Crippen LogP) is 5.74. The monoisotopic (exact) mass is 297 g/mol. The van der Waals surface area contributed by atoms with Gasteiger partial charge in [-0.15, -0.1) is 0 Å². The van der Waals surface area contributed by atoms with E-state index in [9.17, 15) is 4.39 Å². The van der Waals surface area contributed by atoms with Gasteiger partial charge in [0.2, 0.25) is 0 Å². The van der Waals surface area contributed by atoms with Gasteiger partial charge in [0.05, 0.1) is 10.7 Å². The Balaban J connectivity index is 1.85. The largest absolute Gasteiger partial charge is 0.381 e. The van der Waals surface area contributed by atoms with Crippen molar-refractivity contribution in [3.63, 3.8) is 0 Å². The summed E-state index contributed by atoms with van der Waals surface area (Å²) in [5.74, 6) is 1.18. The molecule has 0 radical (unpaired) electrons. The summed E-state index contributed by atoms with van der Waals surface area (Å²) in [7, 11) is 0. The molecule has 0 spiro atoms. The highest BCUT2D eigenvalue weighted by molar-refractivity contribution is 6.33. The summed E-state index contributed by atoms with van der Waals surface area (Å²) in [5.41, 5.74) is 0.861. The van der Waals surface area contributed by atoms with E-state index in [1.54, 1.807) is 12.1 Å². The van der Waals surface area contributed by atoms with Crippen LogP contribution in [0.25, 0.3) is 0 Å². The first-order chi connectivity index (χ1) is 9.38. The molecule has 0 saturated heterocycles. The van der Waals surface area contributed by atoms with Gasteiger partial charge in [0, 0.05) is 6.54 Å². The fraction of sp³-hybridized carbons (Fsp3) is 0.647. The maximum Gasteiger partial charge on any atom is 0.147 e. The highest BCUT2D eigenvalue weighted by Crippen LogP contribution is 2.40. The van der Waals surface area contributed by atoms with Crippen molar-refractivity contribution in [3.05, 3.63) is 29.0 Å². The molecule has 0 unspecified atom stereocenters. The topological polar surface area (TPSA) is 12.0 Å². The van der Waals surface area contributed by atoms with Crippen molar-refractivity contribution in [2.75, 3.05) is 11.9 Å². The van der Waals surface area contributed by atoms with E-state index in [0.29, 0.717) is 22.0 Å². The quantitative estimate of drug-likeness (QED) is 0.749. The molecule has 3 heteroatoms. The van der Waals surface area contributed by atoms with Crippen LogP contribution in [0.3, 0.4) is 0 Å². The second-order valence-corrected chi connectivity index (χ2v) is 7.47. The van der Waals surface area contributed by atoms with Crippen molar-refractivity contribution in [3.8, 4) is 0 Å². The molecule has 1 saturated carbocycles. The second-order valence-electron chi connectivity index (χ2n) is 7.06. The van der Waals surface area contributed by atoms with E-state index in [0.717, 1.165) is 12.5 Å². The number of benzene rings is 1. The van der Waals surface area contributed by atoms with Crippen LogP contribution in [0.1, 0.15) is 46.5 Å². The average molecular weight is 298 g/mol. The average Bonchev–Trinajstić information content (AvgIpc) is 2.37. The van der Waals surface area contributed by atoms with Crippen molar-refractivity contribution < 1.29 is 4.39 Å².